The van der Waals surface area contributed by atoms with Gasteiger partial charge in [-0.3, -0.25) is 4.99 Å². The van der Waals surface area contributed by atoms with Crippen molar-refractivity contribution in [3.05, 3.63) is 48.5 Å². The van der Waals surface area contributed by atoms with Crippen molar-refractivity contribution in [2.75, 3.05) is 38.7 Å². The van der Waals surface area contributed by atoms with Crippen molar-refractivity contribution in [1.82, 2.24) is 10.2 Å². The van der Waals surface area contributed by atoms with Crippen LogP contribution in [-0.4, -0.2) is 61.4 Å². The third-order valence-corrected chi connectivity index (χ3v) is 4.76. The molecule has 1 fully saturated rings. The molecule has 28 heavy (non-hydrogen) atoms. The number of piperazine rings is 1. The maximum absolute atomic E-state index is 10.4. The number of guanidine groups is 1. The van der Waals surface area contributed by atoms with Crippen molar-refractivity contribution in [1.29, 1.82) is 0 Å². The lowest BCUT2D eigenvalue weighted by molar-refractivity contribution is 0.206. The Morgan fingerprint density at radius 3 is 2.54 bits per heavy atom. The summed E-state index contributed by atoms with van der Waals surface area (Å²) in [6, 6.07) is 16.5. The second-order valence-corrected chi connectivity index (χ2v) is 7.29. The van der Waals surface area contributed by atoms with Crippen LogP contribution in [0.5, 0.6) is 5.75 Å². The molecule has 0 saturated carbocycles. The molecule has 2 atom stereocenters. The van der Waals surface area contributed by atoms with Crippen molar-refractivity contribution >= 4 is 11.6 Å². The molecule has 3 N–H and O–H groups in total. The summed E-state index contributed by atoms with van der Waals surface area (Å²) in [6.45, 7) is 7.15. The van der Waals surface area contributed by atoms with E-state index in [9.17, 15) is 5.11 Å². The zero-order valence-corrected chi connectivity index (χ0v) is 16.9. The van der Waals surface area contributed by atoms with Gasteiger partial charge in [0.1, 0.15) is 5.75 Å². The molecule has 0 spiro atoms. The van der Waals surface area contributed by atoms with E-state index in [0.29, 0.717) is 30.9 Å². The maximum Gasteiger partial charge on any atom is 0.198 e. The molecule has 150 valence electrons. The summed E-state index contributed by atoms with van der Waals surface area (Å²) in [7, 11) is 1.67. The van der Waals surface area contributed by atoms with Crippen LogP contribution in [0.3, 0.4) is 0 Å². The first kappa shape index (κ1) is 20.2. The first-order valence-electron chi connectivity index (χ1n) is 9.76. The molecular formula is C22H30N4O2. The Bertz CT molecular complexity index is 784. The van der Waals surface area contributed by atoms with E-state index < -0.39 is 0 Å². The fourth-order valence-electron chi connectivity index (χ4n) is 3.53. The minimum atomic E-state index is 0.204. The number of aromatic hydroxyl groups is 1. The minimum Gasteiger partial charge on any atom is -0.506 e. The lowest BCUT2D eigenvalue weighted by Crippen LogP contribution is -2.57. The van der Waals surface area contributed by atoms with Crippen molar-refractivity contribution in [3.8, 4) is 16.9 Å². The van der Waals surface area contributed by atoms with Gasteiger partial charge in [-0.15, -0.1) is 0 Å². The quantitative estimate of drug-likeness (QED) is 0.321. The molecular weight excluding hydrogens is 352 g/mol. The summed E-state index contributed by atoms with van der Waals surface area (Å²) >= 11 is 0. The fourth-order valence-corrected chi connectivity index (χ4v) is 3.53. The highest BCUT2D eigenvalue weighted by Gasteiger charge is 2.24. The Morgan fingerprint density at radius 1 is 1.14 bits per heavy atom. The number of aliphatic imine (C=N–C) groups is 1. The van der Waals surface area contributed by atoms with Gasteiger partial charge in [0, 0.05) is 32.3 Å². The van der Waals surface area contributed by atoms with Gasteiger partial charge in [-0.05, 0) is 37.1 Å². The van der Waals surface area contributed by atoms with E-state index in [1.807, 2.05) is 30.3 Å². The third-order valence-electron chi connectivity index (χ3n) is 4.76. The molecule has 0 aliphatic carbocycles. The monoisotopic (exact) mass is 382 g/mol. The van der Waals surface area contributed by atoms with Crippen LogP contribution >= 0.6 is 0 Å². The number of hydrogen-bond acceptors (Lipinski definition) is 4. The number of phenolic OH excluding ortho intramolecular Hbond substituents is 1. The molecule has 2 unspecified atom stereocenters. The molecule has 0 aromatic heterocycles. The van der Waals surface area contributed by atoms with E-state index in [-0.39, 0.29) is 5.75 Å². The summed E-state index contributed by atoms with van der Waals surface area (Å²) in [5, 5.41) is 17.3. The Hall–Kier alpha value is -2.57. The first-order chi connectivity index (χ1) is 13.6. The van der Waals surface area contributed by atoms with Gasteiger partial charge in [0.05, 0.1) is 18.8 Å². The molecule has 1 aliphatic rings. The smallest absolute Gasteiger partial charge is 0.198 e. The van der Waals surface area contributed by atoms with Crippen LogP contribution in [0.2, 0.25) is 0 Å². The van der Waals surface area contributed by atoms with Gasteiger partial charge < -0.3 is 25.4 Å². The molecule has 0 bridgehead atoms. The molecule has 2 aromatic rings. The summed E-state index contributed by atoms with van der Waals surface area (Å²) in [5.74, 6) is 0.966. The van der Waals surface area contributed by atoms with Crippen molar-refractivity contribution in [2.24, 2.45) is 4.99 Å². The van der Waals surface area contributed by atoms with E-state index in [2.05, 4.69) is 41.5 Å². The molecule has 1 aliphatic heterocycles. The maximum atomic E-state index is 10.4. The van der Waals surface area contributed by atoms with Gasteiger partial charge in [-0.2, -0.15) is 0 Å². The van der Waals surface area contributed by atoms with Gasteiger partial charge in [-0.1, -0.05) is 36.4 Å². The van der Waals surface area contributed by atoms with E-state index in [1.54, 1.807) is 13.2 Å². The molecule has 6 nitrogen and oxygen atoms in total. The number of hydrogen-bond donors (Lipinski definition) is 3. The zero-order valence-electron chi connectivity index (χ0n) is 16.9. The molecule has 0 radical (unpaired) electrons. The van der Waals surface area contributed by atoms with Crippen LogP contribution in [-0.2, 0) is 4.74 Å². The van der Waals surface area contributed by atoms with Gasteiger partial charge in [0.25, 0.3) is 0 Å². The number of ether oxygens (including phenoxy) is 1. The van der Waals surface area contributed by atoms with Crippen LogP contribution in [0.4, 0.5) is 5.69 Å². The summed E-state index contributed by atoms with van der Waals surface area (Å²) in [4.78, 5) is 6.94. The number of phenols is 1. The normalized spacial score (nSPS) is 20.2. The predicted octanol–water partition coefficient (Wildman–Crippen LogP) is 3.16. The third kappa shape index (κ3) is 5.24. The van der Waals surface area contributed by atoms with Crippen molar-refractivity contribution in [2.45, 2.75) is 25.9 Å². The number of nitrogens with zero attached hydrogens (tertiary/aromatic N) is 2. The average Bonchev–Trinajstić information content (AvgIpc) is 2.68. The fraction of sp³-hybridized carbons (Fsp3) is 0.409. The van der Waals surface area contributed by atoms with Crippen LogP contribution in [0.1, 0.15) is 13.8 Å². The van der Waals surface area contributed by atoms with Crippen molar-refractivity contribution in [3.63, 3.8) is 0 Å². The molecule has 1 heterocycles. The van der Waals surface area contributed by atoms with Gasteiger partial charge in [0.2, 0.25) is 0 Å². The Morgan fingerprint density at radius 2 is 1.86 bits per heavy atom. The molecule has 1 saturated heterocycles. The lowest BCUT2D eigenvalue weighted by Gasteiger charge is -2.38. The molecule has 6 heteroatoms. The minimum absolute atomic E-state index is 0.204. The van der Waals surface area contributed by atoms with E-state index in [4.69, 9.17) is 9.73 Å². The molecule has 2 aromatic carbocycles. The summed E-state index contributed by atoms with van der Waals surface area (Å²) < 4.78 is 5.16. The number of methoxy groups -OCH3 is 1. The van der Waals surface area contributed by atoms with Crippen LogP contribution in [0, 0.1) is 0 Å². The Balaban J connectivity index is 1.86. The number of rotatable bonds is 5. The zero-order chi connectivity index (χ0) is 19.9. The second kappa shape index (κ2) is 9.57. The van der Waals surface area contributed by atoms with Gasteiger partial charge >= 0.3 is 0 Å². The number of nitrogens with one attached hydrogen (secondary N) is 2. The Kier molecular flexibility index (Phi) is 6.90. The van der Waals surface area contributed by atoms with E-state index >= 15 is 0 Å². The summed E-state index contributed by atoms with van der Waals surface area (Å²) in [5.41, 5.74) is 2.79. The first-order valence-corrected chi connectivity index (χ1v) is 9.76. The van der Waals surface area contributed by atoms with E-state index in [1.165, 1.54) is 0 Å². The number of anilines is 1. The van der Waals surface area contributed by atoms with Crippen LogP contribution < -0.4 is 10.6 Å². The lowest BCUT2D eigenvalue weighted by atomic mass is 10.0. The molecule has 3 rings (SSSR count). The second-order valence-electron chi connectivity index (χ2n) is 7.29. The average molecular weight is 383 g/mol. The predicted molar refractivity (Wildman–Crippen MR) is 115 cm³/mol. The highest BCUT2D eigenvalue weighted by Crippen LogP contribution is 2.30. The van der Waals surface area contributed by atoms with E-state index in [0.717, 1.165) is 30.2 Å². The summed E-state index contributed by atoms with van der Waals surface area (Å²) in [6.07, 6.45) is 0. The largest absolute Gasteiger partial charge is 0.506 e. The highest BCUT2D eigenvalue weighted by molar-refractivity contribution is 5.96. The Labute approximate surface area is 167 Å². The number of benzene rings is 2. The topological polar surface area (TPSA) is 69.1 Å². The van der Waals surface area contributed by atoms with Crippen molar-refractivity contribution < 1.29 is 9.84 Å². The highest BCUT2D eigenvalue weighted by atomic mass is 16.5. The van der Waals surface area contributed by atoms with Gasteiger partial charge in [0.15, 0.2) is 5.96 Å². The molecule has 0 amide bonds. The van der Waals surface area contributed by atoms with Crippen LogP contribution in [0.15, 0.2) is 53.5 Å². The van der Waals surface area contributed by atoms with Crippen LogP contribution in [0.25, 0.3) is 11.1 Å². The standard InChI is InChI=1S/C22H30N4O2/c1-16-14-26(15-17(2)24-16)22(23-11-12-28-3)25-20-13-19(9-10-21(20)27)18-7-5-4-6-8-18/h4-10,13,16-17,24,27H,11-12,14-15H2,1-3H3,(H,23,25). The van der Waals surface area contributed by atoms with Gasteiger partial charge in [-0.25, -0.2) is 0 Å². The SMILES string of the molecule is COCCN=C(Nc1cc(-c2ccccc2)ccc1O)N1CC(C)NC(C)C1.